The number of ether oxygens (including phenoxy) is 2. The number of nitrogens with one attached hydrogen (secondary N) is 1. The normalized spacial score (nSPS) is 14.4. The van der Waals surface area contributed by atoms with Gasteiger partial charge in [0.1, 0.15) is 4.90 Å². The molecule has 0 saturated heterocycles. The number of phenols is 2. The van der Waals surface area contributed by atoms with E-state index in [4.69, 9.17) is 21.1 Å². The van der Waals surface area contributed by atoms with Crippen LogP contribution in [0.1, 0.15) is 29.7 Å². The first-order valence-electron chi connectivity index (χ1n) is 14.1. The van der Waals surface area contributed by atoms with E-state index in [2.05, 4.69) is 24.4 Å². The lowest BCUT2D eigenvalue weighted by Gasteiger charge is -2.12. The predicted molar refractivity (Wildman–Crippen MR) is 194 cm³/mol. The van der Waals surface area contributed by atoms with Crippen LogP contribution in [-0.2, 0) is 20.0 Å². The number of amidine groups is 1. The van der Waals surface area contributed by atoms with E-state index in [1.807, 2.05) is 0 Å². The minimum atomic E-state index is -3.68. The standard InChI is InChI=1S/C16H15N3O4S.C9H12N2O2.C7H4ClNO2S.CH4/c1-19(17-10-11-7-8-13(20)14(9-11)23-2)16-12-5-3-4-6-15(12)24(21,22)18-16;1-10-11-6-7-3-4-8(12)9(5-7)13-2;8-7-5-3-1-2-4-6(5)12(10,11)9-7;/h3-10,20H,1-2H3;3-6,10,12H,1-2H3;1-4H;1H4/b17-10+;11-6+;;. The first kappa shape index (κ1) is 39.0. The Bertz CT molecular complexity index is 2190. The topological polar surface area (TPSA) is 192 Å². The van der Waals surface area contributed by atoms with Crippen molar-refractivity contribution in [2.24, 2.45) is 19.0 Å². The summed E-state index contributed by atoms with van der Waals surface area (Å²) in [7, 11) is -0.883. The van der Waals surface area contributed by atoms with Crippen LogP contribution in [0.2, 0.25) is 0 Å². The van der Waals surface area contributed by atoms with Gasteiger partial charge in [0, 0.05) is 25.2 Å². The van der Waals surface area contributed by atoms with Crippen LogP contribution in [0.25, 0.3) is 0 Å². The molecule has 0 radical (unpaired) electrons. The van der Waals surface area contributed by atoms with E-state index in [-0.39, 0.29) is 39.7 Å². The molecule has 4 aromatic rings. The molecule has 0 bridgehead atoms. The van der Waals surface area contributed by atoms with Crippen molar-refractivity contribution in [1.29, 1.82) is 0 Å². The fourth-order valence-electron chi connectivity index (χ4n) is 4.28. The Labute approximate surface area is 295 Å². The quantitative estimate of drug-likeness (QED) is 0.183. The van der Waals surface area contributed by atoms with E-state index in [0.717, 1.165) is 5.56 Å². The number of hydrogen-bond donors (Lipinski definition) is 3. The lowest BCUT2D eigenvalue weighted by molar-refractivity contribution is 0.373. The summed E-state index contributed by atoms with van der Waals surface area (Å²) in [6, 6.07) is 22.9. The van der Waals surface area contributed by atoms with Gasteiger partial charge in [0.15, 0.2) is 34.0 Å². The molecule has 6 rings (SSSR count). The van der Waals surface area contributed by atoms with Crippen molar-refractivity contribution in [3.05, 3.63) is 107 Å². The molecule has 3 N–H and O–H groups in total. The molecule has 264 valence electrons. The van der Waals surface area contributed by atoms with Crippen molar-refractivity contribution in [2.45, 2.75) is 17.2 Å². The van der Waals surface area contributed by atoms with Gasteiger partial charge in [-0.25, -0.2) is 5.01 Å². The van der Waals surface area contributed by atoms with E-state index in [1.165, 1.54) is 43.6 Å². The number of rotatable bonds is 6. The van der Waals surface area contributed by atoms with Crippen LogP contribution in [0.5, 0.6) is 23.0 Å². The van der Waals surface area contributed by atoms with Gasteiger partial charge in [-0.15, -0.1) is 8.80 Å². The highest BCUT2D eigenvalue weighted by atomic mass is 35.5. The molecule has 17 heteroatoms. The Hall–Kier alpha value is -5.45. The Morgan fingerprint density at radius 1 is 0.760 bits per heavy atom. The SMILES string of the molecule is C.CN/N=C/c1ccc(O)c(OC)c1.COc1cc(/C=N/N(C)C2=NS(=O)(=O)c3ccccc32)ccc1O.O=S1(=O)N=C(Cl)c2ccccc21. The smallest absolute Gasteiger partial charge is 0.285 e. The van der Waals surface area contributed by atoms with Gasteiger partial charge in [0.25, 0.3) is 20.0 Å². The maximum Gasteiger partial charge on any atom is 0.285 e. The van der Waals surface area contributed by atoms with Gasteiger partial charge in [-0.05, 0) is 65.7 Å². The maximum atomic E-state index is 12.1. The highest BCUT2D eigenvalue weighted by Crippen LogP contribution is 2.29. The van der Waals surface area contributed by atoms with Gasteiger partial charge >= 0.3 is 0 Å². The highest BCUT2D eigenvalue weighted by molar-refractivity contribution is 7.91. The second-order valence-electron chi connectivity index (χ2n) is 9.85. The molecule has 0 aromatic heterocycles. The summed E-state index contributed by atoms with van der Waals surface area (Å²) in [4.78, 5) is 0.364. The van der Waals surface area contributed by atoms with Gasteiger partial charge in [-0.3, -0.25) is 0 Å². The summed E-state index contributed by atoms with van der Waals surface area (Å²) in [5.74, 6) is 1.19. The number of phenolic OH excluding ortho intramolecular Hbond substituents is 2. The lowest BCUT2D eigenvalue weighted by atomic mass is 10.2. The average molecular weight is 743 g/mol. The summed E-state index contributed by atoms with van der Waals surface area (Å²) in [6.45, 7) is 0. The zero-order chi connectivity index (χ0) is 35.8. The number of methoxy groups -OCH3 is 2. The second kappa shape index (κ2) is 16.8. The number of nitrogens with zero attached hydrogens (tertiary/aromatic N) is 5. The van der Waals surface area contributed by atoms with E-state index in [0.29, 0.717) is 28.2 Å². The fourth-order valence-corrected chi connectivity index (χ4v) is 7.11. The number of hydrazone groups is 2. The summed E-state index contributed by atoms with van der Waals surface area (Å²) in [6.07, 6.45) is 3.17. The average Bonchev–Trinajstić information content (AvgIpc) is 3.51. The molecule has 0 spiro atoms. The number of aromatic hydroxyl groups is 2. The van der Waals surface area contributed by atoms with Crippen molar-refractivity contribution in [2.75, 3.05) is 28.3 Å². The molecule has 0 atom stereocenters. The summed E-state index contributed by atoms with van der Waals surface area (Å²) in [5, 5.41) is 28.4. The van der Waals surface area contributed by atoms with Gasteiger partial charge in [-0.1, -0.05) is 49.4 Å². The number of fused-ring (bicyclic) bond motifs is 2. The first-order valence-corrected chi connectivity index (χ1v) is 17.3. The number of hydrogen-bond acceptors (Lipinski definition) is 12. The van der Waals surface area contributed by atoms with Crippen LogP contribution in [0.4, 0.5) is 0 Å². The molecule has 0 amide bonds. The van der Waals surface area contributed by atoms with Crippen LogP contribution in [0, 0.1) is 0 Å². The van der Waals surface area contributed by atoms with Crippen LogP contribution in [-0.4, -0.2) is 83.8 Å². The van der Waals surface area contributed by atoms with Gasteiger partial charge in [0.2, 0.25) is 0 Å². The Morgan fingerprint density at radius 2 is 1.24 bits per heavy atom. The second-order valence-corrected chi connectivity index (χ2v) is 13.4. The summed E-state index contributed by atoms with van der Waals surface area (Å²) < 4.78 is 63.6. The summed E-state index contributed by atoms with van der Waals surface area (Å²) in [5.41, 5.74) is 5.19. The lowest BCUT2D eigenvalue weighted by Crippen LogP contribution is -2.21. The molecule has 2 aliphatic rings. The van der Waals surface area contributed by atoms with Gasteiger partial charge in [-0.2, -0.15) is 27.0 Å². The van der Waals surface area contributed by atoms with Crippen LogP contribution >= 0.6 is 11.6 Å². The molecule has 0 saturated carbocycles. The number of sulfonamides is 2. The monoisotopic (exact) mass is 742 g/mol. The highest BCUT2D eigenvalue weighted by Gasteiger charge is 2.30. The fraction of sp³-hybridized carbons (Fsp3) is 0.152. The molecule has 50 heavy (non-hydrogen) atoms. The zero-order valence-corrected chi connectivity index (χ0v) is 28.9. The third-order valence-electron chi connectivity index (χ3n) is 6.64. The molecular formula is C33H35ClN6O8S2. The van der Waals surface area contributed by atoms with Crippen LogP contribution in [0.15, 0.2) is 114 Å². The van der Waals surface area contributed by atoms with Gasteiger partial charge < -0.3 is 25.1 Å². The minimum absolute atomic E-state index is 0. The van der Waals surface area contributed by atoms with Crippen molar-refractivity contribution >= 4 is 55.1 Å². The molecule has 0 unspecified atom stereocenters. The maximum absolute atomic E-state index is 12.1. The van der Waals surface area contributed by atoms with Gasteiger partial charge in [0.05, 0.1) is 31.5 Å². The largest absolute Gasteiger partial charge is 0.504 e. The van der Waals surface area contributed by atoms with E-state index >= 15 is 0 Å². The third-order valence-corrected chi connectivity index (χ3v) is 9.69. The van der Waals surface area contributed by atoms with E-state index < -0.39 is 20.0 Å². The summed E-state index contributed by atoms with van der Waals surface area (Å²) >= 11 is 5.60. The first-order chi connectivity index (χ1) is 23.3. The molecule has 4 aromatic carbocycles. The number of halogens is 1. The molecule has 2 aliphatic heterocycles. The third kappa shape index (κ3) is 9.16. The van der Waals surface area contributed by atoms with E-state index in [1.54, 1.807) is 87.0 Å². The molecule has 14 nitrogen and oxygen atoms in total. The molecule has 0 aliphatic carbocycles. The zero-order valence-electron chi connectivity index (χ0n) is 26.5. The van der Waals surface area contributed by atoms with Crippen molar-refractivity contribution in [1.82, 2.24) is 10.4 Å². The Kier molecular flexibility index (Phi) is 13.1. The van der Waals surface area contributed by atoms with Crippen molar-refractivity contribution < 1.29 is 36.5 Å². The van der Waals surface area contributed by atoms with Crippen LogP contribution < -0.4 is 14.9 Å². The minimum Gasteiger partial charge on any atom is -0.504 e. The predicted octanol–water partition coefficient (Wildman–Crippen LogP) is 4.78. The number of benzene rings is 4. The molecular weight excluding hydrogens is 708 g/mol. The van der Waals surface area contributed by atoms with E-state index in [9.17, 15) is 27.0 Å². The molecule has 0 fully saturated rings. The van der Waals surface area contributed by atoms with Crippen molar-refractivity contribution in [3.8, 4) is 23.0 Å². The Morgan fingerprint density at radius 3 is 1.76 bits per heavy atom. The Balaban J connectivity index is 0.000000220. The molecule has 2 heterocycles. The van der Waals surface area contributed by atoms with Crippen molar-refractivity contribution in [3.63, 3.8) is 0 Å². The van der Waals surface area contributed by atoms with Crippen LogP contribution in [0.3, 0.4) is 0 Å².